The highest BCUT2D eigenvalue weighted by Gasteiger charge is 2.35. The van der Waals surface area contributed by atoms with Crippen LogP contribution in [-0.4, -0.2) is 46.4 Å². The molecule has 1 aromatic carbocycles. The predicted octanol–water partition coefficient (Wildman–Crippen LogP) is 4.02. The van der Waals surface area contributed by atoms with Gasteiger partial charge in [0.2, 0.25) is 0 Å². The molecule has 2 N–H and O–H groups in total. The predicted molar refractivity (Wildman–Crippen MR) is 126 cm³/mol. The first kappa shape index (κ1) is 24.9. The third kappa shape index (κ3) is 7.06. The molecule has 2 rings (SSSR count). The molecular weight excluding hydrogens is 470 g/mol. The number of hydrogen-bond donors (Lipinski definition) is 2. The summed E-state index contributed by atoms with van der Waals surface area (Å²) in [6, 6.07) is 5.30. The molecule has 2 unspecified atom stereocenters. The van der Waals surface area contributed by atoms with Crippen LogP contribution in [0.1, 0.15) is 39.2 Å². The second kappa shape index (κ2) is 11.2. The summed E-state index contributed by atoms with van der Waals surface area (Å²) in [5.74, 6) is 0.967. The molecule has 1 aliphatic rings. The quantitative estimate of drug-likeness (QED) is 0.360. The van der Waals surface area contributed by atoms with Crippen LogP contribution in [0.4, 0.5) is 10.1 Å². The van der Waals surface area contributed by atoms with Crippen LogP contribution in [0.15, 0.2) is 23.2 Å². The van der Waals surface area contributed by atoms with Gasteiger partial charge >= 0.3 is 0 Å². The van der Waals surface area contributed by atoms with Crippen molar-refractivity contribution in [2.24, 2.45) is 16.3 Å². The van der Waals surface area contributed by atoms with Crippen molar-refractivity contribution in [3.63, 3.8) is 0 Å². The molecule has 5 nitrogen and oxygen atoms in total. The molecular formula is C21H36FIN4O. The zero-order valence-electron chi connectivity index (χ0n) is 18.0. The minimum Gasteiger partial charge on any atom is -0.377 e. The van der Waals surface area contributed by atoms with E-state index >= 15 is 0 Å². The van der Waals surface area contributed by atoms with Crippen molar-refractivity contribution < 1.29 is 9.13 Å². The lowest BCUT2D eigenvalue weighted by atomic mass is 9.78. The van der Waals surface area contributed by atoms with Gasteiger partial charge in [0.15, 0.2) is 5.96 Å². The van der Waals surface area contributed by atoms with Crippen LogP contribution >= 0.6 is 24.0 Å². The number of nitrogens with one attached hydrogen (secondary N) is 2. The van der Waals surface area contributed by atoms with E-state index in [-0.39, 0.29) is 41.3 Å². The number of ether oxygens (including phenoxy) is 1. The average molecular weight is 506 g/mol. The van der Waals surface area contributed by atoms with Gasteiger partial charge in [0.25, 0.3) is 0 Å². The first-order chi connectivity index (χ1) is 12.7. The van der Waals surface area contributed by atoms with Crippen molar-refractivity contribution in [1.29, 1.82) is 0 Å². The Labute approximate surface area is 186 Å². The number of guanidine groups is 1. The van der Waals surface area contributed by atoms with Gasteiger partial charge in [-0.25, -0.2) is 4.39 Å². The van der Waals surface area contributed by atoms with Gasteiger partial charge < -0.3 is 20.3 Å². The number of benzene rings is 1. The summed E-state index contributed by atoms with van der Waals surface area (Å²) in [7, 11) is 5.42. The highest BCUT2D eigenvalue weighted by atomic mass is 127. The van der Waals surface area contributed by atoms with Crippen molar-refractivity contribution in [2.75, 3.05) is 39.2 Å². The minimum absolute atomic E-state index is 0. The Balaban J connectivity index is 0.00000392. The van der Waals surface area contributed by atoms with E-state index < -0.39 is 0 Å². The second-order valence-electron chi connectivity index (χ2n) is 8.55. The number of nitrogens with zero attached hydrogens (tertiary/aromatic N) is 2. The molecule has 0 spiro atoms. The standard InChI is InChI=1S/C21H35FN4O.HI/c1-21(2,3)19-16(8-7-11-27-19)14-25-20(23-4)24-13-15-9-10-18(26(5)6)17(22)12-15;/h9-10,12,16,19H,7-8,11,13-14H2,1-6H3,(H2,23,24,25);1H. The summed E-state index contributed by atoms with van der Waals surface area (Å²) in [6.07, 6.45) is 2.50. The SMILES string of the molecule is CN=C(NCc1ccc(N(C)C)c(F)c1)NCC1CCCOC1C(C)(C)C.I. The number of anilines is 1. The molecule has 0 bridgehead atoms. The lowest BCUT2D eigenvalue weighted by Crippen LogP contribution is -2.47. The molecule has 1 saturated heterocycles. The first-order valence-electron chi connectivity index (χ1n) is 9.74. The highest BCUT2D eigenvalue weighted by molar-refractivity contribution is 14.0. The van der Waals surface area contributed by atoms with Crippen LogP contribution in [0.2, 0.25) is 0 Å². The molecule has 0 radical (unpaired) electrons. The van der Waals surface area contributed by atoms with E-state index in [9.17, 15) is 4.39 Å². The van der Waals surface area contributed by atoms with Crippen LogP contribution < -0.4 is 15.5 Å². The van der Waals surface area contributed by atoms with E-state index in [1.165, 1.54) is 0 Å². The van der Waals surface area contributed by atoms with E-state index in [2.05, 4.69) is 36.4 Å². The van der Waals surface area contributed by atoms with Gasteiger partial charge in [0.1, 0.15) is 5.82 Å². The molecule has 1 fully saturated rings. The molecule has 0 amide bonds. The monoisotopic (exact) mass is 506 g/mol. The van der Waals surface area contributed by atoms with Crippen LogP contribution in [0, 0.1) is 17.2 Å². The molecule has 160 valence electrons. The van der Waals surface area contributed by atoms with Gasteiger partial charge in [-0.1, -0.05) is 26.8 Å². The summed E-state index contributed by atoms with van der Waals surface area (Å²) in [4.78, 5) is 6.06. The fourth-order valence-corrected chi connectivity index (χ4v) is 3.67. The Morgan fingerprint density at radius 1 is 1.29 bits per heavy atom. The van der Waals surface area contributed by atoms with Crippen LogP contribution in [0.3, 0.4) is 0 Å². The summed E-state index contributed by atoms with van der Waals surface area (Å²) in [5.41, 5.74) is 1.59. The Morgan fingerprint density at radius 3 is 2.57 bits per heavy atom. The fourth-order valence-electron chi connectivity index (χ4n) is 3.67. The van der Waals surface area contributed by atoms with Gasteiger partial charge in [-0.05, 0) is 36.0 Å². The van der Waals surface area contributed by atoms with Gasteiger partial charge in [-0.3, -0.25) is 4.99 Å². The van der Waals surface area contributed by atoms with E-state index in [1.54, 1.807) is 24.1 Å². The number of rotatable bonds is 5. The normalized spacial score (nSPS) is 20.3. The van der Waals surface area contributed by atoms with Crippen molar-refractivity contribution in [1.82, 2.24) is 10.6 Å². The van der Waals surface area contributed by atoms with Gasteiger partial charge in [-0.2, -0.15) is 0 Å². The summed E-state index contributed by atoms with van der Waals surface area (Å²) in [6.45, 7) is 8.88. The Morgan fingerprint density at radius 2 is 2.00 bits per heavy atom. The molecule has 1 aromatic rings. The Bertz CT molecular complexity index is 646. The van der Waals surface area contributed by atoms with Crippen molar-refractivity contribution >= 4 is 35.6 Å². The Hall–Kier alpha value is -1.09. The largest absolute Gasteiger partial charge is 0.377 e. The molecule has 1 heterocycles. The van der Waals surface area contributed by atoms with Crippen LogP contribution in [0.25, 0.3) is 0 Å². The zero-order chi connectivity index (χ0) is 20.0. The second-order valence-corrected chi connectivity index (χ2v) is 8.55. The van der Waals surface area contributed by atoms with Crippen LogP contribution in [-0.2, 0) is 11.3 Å². The summed E-state index contributed by atoms with van der Waals surface area (Å²) in [5, 5.41) is 6.69. The lowest BCUT2D eigenvalue weighted by molar-refractivity contribution is -0.0835. The molecule has 1 aliphatic heterocycles. The number of hydrogen-bond acceptors (Lipinski definition) is 3. The minimum atomic E-state index is -0.213. The van der Waals surface area contributed by atoms with Crippen molar-refractivity contribution in [2.45, 2.75) is 46.3 Å². The maximum atomic E-state index is 14.1. The third-order valence-electron chi connectivity index (χ3n) is 5.01. The fraction of sp³-hybridized carbons (Fsp3) is 0.667. The molecule has 28 heavy (non-hydrogen) atoms. The maximum Gasteiger partial charge on any atom is 0.191 e. The van der Waals surface area contributed by atoms with E-state index in [0.717, 1.165) is 37.5 Å². The van der Waals surface area contributed by atoms with Gasteiger partial charge in [-0.15, -0.1) is 24.0 Å². The lowest BCUT2D eigenvalue weighted by Gasteiger charge is -2.40. The van der Waals surface area contributed by atoms with E-state index in [1.807, 2.05) is 20.2 Å². The smallest absolute Gasteiger partial charge is 0.191 e. The third-order valence-corrected chi connectivity index (χ3v) is 5.01. The molecule has 7 heteroatoms. The molecule has 0 aliphatic carbocycles. The Kier molecular flexibility index (Phi) is 9.97. The highest BCUT2D eigenvalue weighted by Crippen LogP contribution is 2.33. The molecule has 0 aromatic heterocycles. The van der Waals surface area contributed by atoms with Crippen molar-refractivity contribution in [3.05, 3.63) is 29.6 Å². The average Bonchev–Trinajstić information content (AvgIpc) is 2.61. The summed E-state index contributed by atoms with van der Waals surface area (Å²) >= 11 is 0. The van der Waals surface area contributed by atoms with E-state index in [4.69, 9.17) is 4.74 Å². The van der Waals surface area contributed by atoms with Gasteiger partial charge in [0.05, 0.1) is 11.8 Å². The topological polar surface area (TPSA) is 48.9 Å². The van der Waals surface area contributed by atoms with E-state index in [0.29, 0.717) is 18.2 Å². The summed E-state index contributed by atoms with van der Waals surface area (Å²) < 4.78 is 20.2. The maximum absolute atomic E-state index is 14.1. The van der Waals surface area contributed by atoms with Crippen molar-refractivity contribution in [3.8, 4) is 0 Å². The molecule has 0 saturated carbocycles. The first-order valence-corrected chi connectivity index (χ1v) is 9.74. The van der Waals surface area contributed by atoms with Gasteiger partial charge in [0, 0.05) is 46.8 Å². The zero-order valence-corrected chi connectivity index (χ0v) is 20.3. The van der Waals surface area contributed by atoms with Crippen LogP contribution in [0.5, 0.6) is 0 Å². The number of aliphatic imine (C=N–C) groups is 1. The molecule has 2 atom stereocenters. The number of halogens is 2.